The molecule has 1 aromatic heterocycles. The third kappa shape index (κ3) is 3.60. The van der Waals surface area contributed by atoms with E-state index in [4.69, 9.17) is 16.1 Å². The summed E-state index contributed by atoms with van der Waals surface area (Å²) in [6.45, 7) is 0.208. The Morgan fingerprint density at radius 1 is 1.29 bits per heavy atom. The number of benzene rings is 1. The molecule has 148 valence electrons. The van der Waals surface area contributed by atoms with Gasteiger partial charge in [-0.3, -0.25) is 9.69 Å². The third-order valence-corrected chi connectivity index (χ3v) is 5.29. The fourth-order valence-corrected chi connectivity index (χ4v) is 3.66. The van der Waals surface area contributed by atoms with Gasteiger partial charge in [0.05, 0.1) is 12.2 Å². The first-order valence-corrected chi connectivity index (χ1v) is 9.35. The number of hydrogen-bond acceptors (Lipinski definition) is 7. The van der Waals surface area contributed by atoms with Crippen LogP contribution in [-0.4, -0.2) is 60.8 Å². The van der Waals surface area contributed by atoms with Crippen LogP contribution in [0.15, 0.2) is 28.8 Å². The minimum atomic E-state index is -0.840. The van der Waals surface area contributed by atoms with Crippen molar-refractivity contribution >= 4 is 23.5 Å². The molecule has 10 heteroatoms. The quantitative estimate of drug-likeness (QED) is 0.717. The maximum Gasteiger partial charge on any atom is 0.327 e. The molecule has 0 bridgehead atoms. The molecule has 2 saturated heterocycles. The van der Waals surface area contributed by atoms with Crippen LogP contribution >= 0.6 is 11.6 Å². The van der Waals surface area contributed by atoms with Crippen LogP contribution in [0.4, 0.5) is 4.79 Å². The first-order valence-electron chi connectivity index (χ1n) is 8.97. The van der Waals surface area contributed by atoms with Gasteiger partial charge in [-0.05, 0) is 24.1 Å². The van der Waals surface area contributed by atoms with Gasteiger partial charge < -0.3 is 19.6 Å². The van der Waals surface area contributed by atoms with Crippen LogP contribution in [0.1, 0.15) is 36.2 Å². The zero-order valence-corrected chi connectivity index (χ0v) is 15.6. The highest BCUT2D eigenvalue weighted by atomic mass is 35.5. The lowest BCUT2D eigenvalue weighted by molar-refractivity contribution is -0.130. The molecule has 0 aliphatic carbocycles. The van der Waals surface area contributed by atoms with E-state index in [1.807, 2.05) is 0 Å². The fraction of sp³-hybridized carbons (Fsp3) is 0.444. The van der Waals surface area contributed by atoms with Crippen LogP contribution < -0.4 is 0 Å². The topological polar surface area (TPSA) is 120 Å². The standard InChI is InChI=1S/C18H19ClN4O5/c19-11-3-1-10(2-4-11)14(25)8-15-20-16(28-21-15)9-23-17(26)13-7-12(24)5-6-22(13)18(23)27/h1-4,12-14,24-25H,5-9H2/t12-,13+,14-/m0/s1. The SMILES string of the molecule is O=C1[C@H]2C[C@@H](O)CCN2C(=O)N1Cc1nc(C[C@H](O)c2ccc(Cl)cc2)no1. The average Bonchev–Trinajstić information content (AvgIpc) is 3.20. The molecule has 0 radical (unpaired) electrons. The number of halogens is 1. The molecule has 3 heterocycles. The molecule has 3 amide bonds. The van der Waals surface area contributed by atoms with Crippen molar-refractivity contribution in [3.63, 3.8) is 0 Å². The van der Waals surface area contributed by atoms with E-state index < -0.39 is 24.3 Å². The molecule has 0 spiro atoms. The molecule has 0 saturated carbocycles. The summed E-state index contributed by atoms with van der Waals surface area (Å²) >= 11 is 5.84. The van der Waals surface area contributed by atoms with Crippen LogP contribution in [0.3, 0.4) is 0 Å². The average molecular weight is 407 g/mol. The number of imide groups is 1. The fourth-order valence-electron chi connectivity index (χ4n) is 3.53. The summed E-state index contributed by atoms with van der Waals surface area (Å²) in [6, 6.07) is 5.73. The zero-order valence-electron chi connectivity index (χ0n) is 14.9. The van der Waals surface area contributed by atoms with Gasteiger partial charge in [0.1, 0.15) is 12.6 Å². The van der Waals surface area contributed by atoms with Crippen molar-refractivity contribution in [2.75, 3.05) is 6.54 Å². The minimum Gasteiger partial charge on any atom is -0.393 e. The predicted octanol–water partition coefficient (Wildman–Crippen LogP) is 1.29. The zero-order chi connectivity index (χ0) is 19.8. The third-order valence-electron chi connectivity index (χ3n) is 5.04. The number of aliphatic hydroxyl groups excluding tert-OH is 2. The van der Waals surface area contributed by atoms with Gasteiger partial charge in [0.2, 0.25) is 5.89 Å². The van der Waals surface area contributed by atoms with Gasteiger partial charge in [-0.15, -0.1) is 0 Å². The van der Waals surface area contributed by atoms with Crippen LogP contribution in [-0.2, 0) is 17.8 Å². The summed E-state index contributed by atoms with van der Waals surface area (Å²) in [7, 11) is 0. The van der Waals surface area contributed by atoms with Crippen LogP contribution in [0, 0.1) is 0 Å². The van der Waals surface area contributed by atoms with Gasteiger partial charge in [-0.2, -0.15) is 4.98 Å². The van der Waals surface area contributed by atoms with E-state index in [1.54, 1.807) is 24.3 Å². The van der Waals surface area contributed by atoms with Crippen molar-refractivity contribution < 1.29 is 24.3 Å². The van der Waals surface area contributed by atoms with Crippen molar-refractivity contribution in [1.29, 1.82) is 0 Å². The molecule has 2 N–H and O–H groups in total. The predicted molar refractivity (Wildman–Crippen MR) is 96.1 cm³/mol. The highest BCUT2D eigenvalue weighted by molar-refractivity contribution is 6.30. The second-order valence-electron chi connectivity index (χ2n) is 6.97. The number of amides is 3. The highest BCUT2D eigenvalue weighted by Crippen LogP contribution is 2.28. The summed E-state index contributed by atoms with van der Waals surface area (Å²) < 4.78 is 5.15. The summed E-state index contributed by atoms with van der Waals surface area (Å²) in [4.78, 5) is 31.7. The van der Waals surface area contributed by atoms with Gasteiger partial charge in [-0.25, -0.2) is 4.79 Å². The smallest absolute Gasteiger partial charge is 0.327 e. The lowest BCUT2D eigenvalue weighted by atomic mass is 10.0. The first kappa shape index (κ1) is 18.9. The Balaban J connectivity index is 1.41. The van der Waals surface area contributed by atoms with E-state index in [9.17, 15) is 19.8 Å². The number of carbonyl (C=O) groups excluding carboxylic acids is 2. The molecule has 9 nitrogen and oxygen atoms in total. The van der Waals surface area contributed by atoms with E-state index in [0.717, 1.165) is 4.90 Å². The monoisotopic (exact) mass is 406 g/mol. The number of aromatic nitrogens is 2. The van der Waals surface area contributed by atoms with Gasteiger partial charge in [-0.1, -0.05) is 28.9 Å². The molecule has 2 aromatic rings. The second-order valence-corrected chi connectivity index (χ2v) is 7.41. The molecule has 0 unspecified atom stereocenters. The summed E-state index contributed by atoms with van der Waals surface area (Å²) in [6.07, 6.45) is -0.607. The van der Waals surface area contributed by atoms with Crippen LogP contribution in [0.25, 0.3) is 0 Å². The molecule has 2 aliphatic heterocycles. The molecule has 2 aliphatic rings. The lowest BCUT2D eigenvalue weighted by Gasteiger charge is -2.29. The lowest BCUT2D eigenvalue weighted by Crippen LogP contribution is -2.43. The number of hydrogen-bond donors (Lipinski definition) is 2. The van der Waals surface area contributed by atoms with Gasteiger partial charge in [0.15, 0.2) is 5.82 Å². The van der Waals surface area contributed by atoms with E-state index >= 15 is 0 Å². The Labute approximate surface area is 165 Å². The molecule has 1 aromatic carbocycles. The number of aliphatic hydroxyl groups is 2. The van der Waals surface area contributed by atoms with Crippen LogP contribution in [0.2, 0.25) is 5.02 Å². The summed E-state index contributed by atoms with van der Waals surface area (Å²) in [5, 5.41) is 24.4. The van der Waals surface area contributed by atoms with Gasteiger partial charge in [0, 0.05) is 24.4 Å². The highest BCUT2D eigenvalue weighted by Gasteiger charge is 2.48. The van der Waals surface area contributed by atoms with Gasteiger partial charge >= 0.3 is 6.03 Å². The molecular weight excluding hydrogens is 388 g/mol. The first-order chi connectivity index (χ1) is 13.4. The number of carbonyl (C=O) groups is 2. The van der Waals surface area contributed by atoms with E-state index in [2.05, 4.69) is 10.1 Å². The Bertz CT molecular complexity index is 886. The summed E-state index contributed by atoms with van der Waals surface area (Å²) in [5.74, 6) is 0.00906. The number of nitrogens with zero attached hydrogens (tertiary/aromatic N) is 4. The van der Waals surface area contributed by atoms with Crippen molar-refractivity contribution in [3.8, 4) is 0 Å². The molecule has 3 atom stereocenters. The minimum absolute atomic E-state index is 0.111. The maximum atomic E-state index is 12.5. The molecule has 28 heavy (non-hydrogen) atoms. The molecular formula is C18H19ClN4O5. The van der Waals surface area contributed by atoms with E-state index in [1.165, 1.54) is 4.90 Å². The Morgan fingerprint density at radius 3 is 2.79 bits per heavy atom. The number of rotatable bonds is 5. The van der Waals surface area contributed by atoms with Crippen molar-refractivity contribution in [1.82, 2.24) is 19.9 Å². The van der Waals surface area contributed by atoms with Crippen molar-refractivity contribution in [3.05, 3.63) is 46.6 Å². The Morgan fingerprint density at radius 2 is 2.04 bits per heavy atom. The number of urea groups is 1. The second kappa shape index (κ2) is 7.50. The largest absolute Gasteiger partial charge is 0.393 e. The Hall–Kier alpha value is -2.49. The number of fused-ring (bicyclic) bond motifs is 1. The molecule has 4 rings (SSSR count). The van der Waals surface area contributed by atoms with Crippen molar-refractivity contribution in [2.45, 2.75) is 44.1 Å². The normalized spacial score (nSPS) is 23.2. The van der Waals surface area contributed by atoms with Crippen molar-refractivity contribution in [2.24, 2.45) is 0 Å². The van der Waals surface area contributed by atoms with E-state index in [0.29, 0.717) is 23.6 Å². The number of piperidine rings is 1. The van der Waals surface area contributed by atoms with Gasteiger partial charge in [0.25, 0.3) is 5.91 Å². The summed E-state index contributed by atoms with van der Waals surface area (Å²) in [5.41, 5.74) is 0.663. The van der Waals surface area contributed by atoms with Crippen LogP contribution in [0.5, 0.6) is 0 Å². The van der Waals surface area contributed by atoms with E-state index in [-0.39, 0.29) is 37.0 Å². The molecule has 2 fully saturated rings. The Kier molecular flexibility index (Phi) is 5.05. The maximum absolute atomic E-state index is 12.5.